The minimum absolute atomic E-state index is 0.639. The van der Waals surface area contributed by atoms with Crippen molar-refractivity contribution in [1.82, 2.24) is 19.6 Å². The first-order valence-electron chi connectivity index (χ1n) is 5.65. The van der Waals surface area contributed by atoms with Crippen molar-refractivity contribution < 1.29 is 0 Å². The third-order valence-electron chi connectivity index (χ3n) is 2.93. The summed E-state index contributed by atoms with van der Waals surface area (Å²) in [5.41, 5.74) is 2.56. The molecule has 4 rings (SSSR count). The minimum Gasteiger partial charge on any atom is -0.236 e. The van der Waals surface area contributed by atoms with Crippen molar-refractivity contribution in [1.29, 1.82) is 0 Å². The van der Waals surface area contributed by atoms with E-state index < -0.39 is 0 Å². The maximum Gasteiger partial charge on any atom is 0.183 e. The van der Waals surface area contributed by atoms with Crippen LogP contribution in [0.15, 0.2) is 41.4 Å². The standard InChI is InChI=1S/C13H7ClN4S/c14-9-2-1-3-10-11(9)13-16-12(8-4-5-19-6-8)17-18(13)7-15-10/h1-7H. The van der Waals surface area contributed by atoms with Gasteiger partial charge in [0.1, 0.15) is 6.33 Å². The van der Waals surface area contributed by atoms with Crippen LogP contribution in [0.25, 0.3) is 27.9 Å². The number of fused-ring (bicyclic) bond motifs is 3. The van der Waals surface area contributed by atoms with Crippen molar-refractivity contribution in [2.45, 2.75) is 0 Å². The molecule has 19 heavy (non-hydrogen) atoms. The molecule has 0 bridgehead atoms. The molecule has 92 valence electrons. The van der Waals surface area contributed by atoms with Crippen molar-refractivity contribution in [3.63, 3.8) is 0 Å². The Morgan fingerprint density at radius 3 is 3.00 bits per heavy atom. The maximum atomic E-state index is 6.25. The van der Waals surface area contributed by atoms with Gasteiger partial charge in [-0.2, -0.15) is 11.3 Å². The summed E-state index contributed by atoms with van der Waals surface area (Å²) in [5.74, 6) is 0.690. The number of thiophene rings is 1. The Morgan fingerprint density at radius 2 is 2.16 bits per heavy atom. The van der Waals surface area contributed by atoms with E-state index in [1.807, 2.05) is 35.0 Å². The van der Waals surface area contributed by atoms with Gasteiger partial charge >= 0.3 is 0 Å². The molecule has 0 aliphatic carbocycles. The van der Waals surface area contributed by atoms with Gasteiger partial charge in [0.25, 0.3) is 0 Å². The van der Waals surface area contributed by atoms with E-state index in [1.165, 1.54) is 0 Å². The van der Waals surface area contributed by atoms with E-state index in [0.29, 0.717) is 10.8 Å². The predicted molar refractivity (Wildman–Crippen MR) is 76.6 cm³/mol. The number of hydrogen-bond donors (Lipinski definition) is 0. The predicted octanol–water partition coefficient (Wildman–Crippen LogP) is 3.66. The van der Waals surface area contributed by atoms with Gasteiger partial charge in [-0.15, -0.1) is 5.10 Å². The fourth-order valence-electron chi connectivity index (χ4n) is 2.05. The molecule has 3 aromatic heterocycles. The first-order valence-corrected chi connectivity index (χ1v) is 6.97. The van der Waals surface area contributed by atoms with E-state index in [1.54, 1.807) is 22.2 Å². The molecule has 0 N–H and O–H groups in total. The third-order valence-corrected chi connectivity index (χ3v) is 3.93. The van der Waals surface area contributed by atoms with Crippen molar-refractivity contribution >= 4 is 39.5 Å². The fourth-order valence-corrected chi connectivity index (χ4v) is 2.94. The van der Waals surface area contributed by atoms with Gasteiger partial charge in [0.15, 0.2) is 11.5 Å². The topological polar surface area (TPSA) is 43.1 Å². The molecule has 3 heterocycles. The van der Waals surface area contributed by atoms with E-state index in [2.05, 4.69) is 15.1 Å². The van der Waals surface area contributed by atoms with Gasteiger partial charge in [0, 0.05) is 10.9 Å². The Morgan fingerprint density at radius 1 is 1.21 bits per heavy atom. The van der Waals surface area contributed by atoms with Crippen LogP contribution in [0, 0.1) is 0 Å². The summed E-state index contributed by atoms with van der Waals surface area (Å²) in [6.07, 6.45) is 1.66. The van der Waals surface area contributed by atoms with Gasteiger partial charge in [-0.1, -0.05) is 17.7 Å². The molecule has 4 nitrogen and oxygen atoms in total. The SMILES string of the molecule is Clc1cccc2ncn3nc(-c4ccsc4)nc3c12. The number of aromatic nitrogens is 4. The molecule has 4 aromatic rings. The largest absolute Gasteiger partial charge is 0.236 e. The molecule has 0 atom stereocenters. The summed E-state index contributed by atoms with van der Waals surface area (Å²) in [7, 11) is 0. The summed E-state index contributed by atoms with van der Waals surface area (Å²) >= 11 is 7.87. The molecule has 0 radical (unpaired) electrons. The van der Waals surface area contributed by atoms with Crippen LogP contribution in [-0.4, -0.2) is 19.6 Å². The highest BCUT2D eigenvalue weighted by Gasteiger charge is 2.12. The van der Waals surface area contributed by atoms with Gasteiger partial charge in [-0.3, -0.25) is 0 Å². The Bertz CT molecular complexity index is 882. The molecule has 0 unspecified atom stereocenters. The zero-order valence-electron chi connectivity index (χ0n) is 9.62. The average Bonchev–Trinajstić information content (AvgIpc) is 3.07. The zero-order valence-corrected chi connectivity index (χ0v) is 11.2. The fraction of sp³-hybridized carbons (Fsp3) is 0. The van der Waals surface area contributed by atoms with Gasteiger partial charge in [0.05, 0.1) is 15.9 Å². The molecule has 0 spiro atoms. The number of halogens is 1. The summed E-state index contributed by atoms with van der Waals surface area (Å²) in [5, 5.41) is 9.93. The van der Waals surface area contributed by atoms with E-state index in [0.717, 1.165) is 22.1 Å². The van der Waals surface area contributed by atoms with Crippen molar-refractivity contribution in [2.75, 3.05) is 0 Å². The van der Waals surface area contributed by atoms with Crippen LogP contribution < -0.4 is 0 Å². The van der Waals surface area contributed by atoms with Crippen molar-refractivity contribution in [2.24, 2.45) is 0 Å². The number of hydrogen-bond acceptors (Lipinski definition) is 4. The van der Waals surface area contributed by atoms with Gasteiger partial charge in [0.2, 0.25) is 0 Å². The van der Waals surface area contributed by atoms with Crippen LogP contribution in [0.4, 0.5) is 0 Å². The summed E-state index contributed by atoms with van der Waals surface area (Å²) in [6.45, 7) is 0. The molecular formula is C13H7ClN4S. The molecule has 0 fully saturated rings. The first-order chi connectivity index (χ1) is 9.33. The Balaban J connectivity index is 2.11. The lowest BCUT2D eigenvalue weighted by Gasteiger charge is -1.99. The smallest absolute Gasteiger partial charge is 0.183 e. The second kappa shape index (κ2) is 4.01. The van der Waals surface area contributed by atoms with Crippen molar-refractivity contribution in [3.8, 4) is 11.4 Å². The van der Waals surface area contributed by atoms with Crippen LogP contribution in [0.3, 0.4) is 0 Å². The number of nitrogens with zero attached hydrogens (tertiary/aromatic N) is 4. The van der Waals surface area contributed by atoms with E-state index >= 15 is 0 Å². The van der Waals surface area contributed by atoms with E-state index in [9.17, 15) is 0 Å². The molecule has 0 saturated heterocycles. The molecule has 0 aliphatic rings. The minimum atomic E-state index is 0.639. The highest BCUT2D eigenvalue weighted by molar-refractivity contribution is 7.08. The number of benzene rings is 1. The monoisotopic (exact) mass is 286 g/mol. The summed E-state index contributed by atoms with van der Waals surface area (Å²) < 4.78 is 1.67. The van der Waals surface area contributed by atoms with E-state index in [4.69, 9.17) is 11.6 Å². The Labute approximate surface area is 117 Å². The quantitative estimate of drug-likeness (QED) is 0.536. The van der Waals surface area contributed by atoms with Crippen LogP contribution in [0.5, 0.6) is 0 Å². The normalized spacial score (nSPS) is 11.4. The highest BCUT2D eigenvalue weighted by Crippen LogP contribution is 2.27. The second-order valence-electron chi connectivity index (χ2n) is 4.09. The van der Waals surface area contributed by atoms with Crippen LogP contribution in [0.2, 0.25) is 5.02 Å². The van der Waals surface area contributed by atoms with Crippen LogP contribution in [0.1, 0.15) is 0 Å². The molecule has 0 aliphatic heterocycles. The second-order valence-corrected chi connectivity index (χ2v) is 5.28. The zero-order chi connectivity index (χ0) is 12.8. The summed E-state index contributed by atoms with van der Waals surface area (Å²) in [6, 6.07) is 7.63. The summed E-state index contributed by atoms with van der Waals surface area (Å²) in [4.78, 5) is 8.92. The Kier molecular flexibility index (Phi) is 2.30. The number of rotatable bonds is 1. The molecule has 0 amide bonds. The highest BCUT2D eigenvalue weighted by atomic mass is 35.5. The van der Waals surface area contributed by atoms with Gasteiger partial charge < -0.3 is 0 Å². The lowest BCUT2D eigenvalue weighted by molar-refractivity contribution is 0.938. The lowest BCUT2D eigenvalue weighted by atomic mass is 10.2. The average molecular weight is 287 g/mol. The molecular weight excluding hydrogens is 280 g/mol. The van der Waals surface area contributed by atoms with Crippen LogP contribution in [-0.2, 0) is 0 Å². The first kappa shape index (κ1) is 10.9. The van der Waals surface area contributed by atoms with Crippen LogP contribution >= 0.6 is 22.9 Å². The molecule has 6 heteroatoms. The Hall–Kier alpha value is -1.98. The molecule has 1 aromatic carbocycles. The molecule has 0 saturated carbocycles. The third kappa shape index (κ3) is 1.63. The van der Waals surface area contributed by atoms with Gasteiger partial charge in [-0.25, -0.2) is 14.5 Å². The van der Waals surface area contributed by atoms with Gasteiger partial charge in [-0.05, 0) is 23.6 Å². The maximum absolute atomic E-state index is 6.25. The van der Waals surface area contributed by atoms with E-state index in [-0.39, 0.29) is 0 Å². The lowest BCUT2D eigenvalue weighted by Crippen LogP contribution is -1.91. The van der Waals surface area contributed by atoms with Crippen molar-refractivity contribution in [3.05, 3.63) is 46.4 Å².